The van der Waals surface area contributed by atoms with Gasteiger partial charge in [-0.2, -0.15) is 0 Å². The van der Waals surface area contributed by atoms with Crippen LogP contribution in [0.15, 0.2) is 30.3 Å². The first-order valence-electron chi connectivity index (χ1n) is 5.73. The van der Waals surface area contributed by atoms with Crippen LogP contribution in [0, 0.1) is 0 Å². The third-order valence-electron chi connectivity index (χ3n) is 2.93. The number of rotatable bonds is 2. The zero-order valence-electron chi connectivity index (χ0n) is 10.1. The van der Waals surface area contributed by atoms with Gasteiger partial charge in [0.05, 0.1) is 17.7 Å². The third-order valence-corrected chi connectivity index (χ3v) is 2.93. The Morgan fingerprint density at radius 2 is 1.89 bits per heavy atom. The second-order valence-electron chi connectivity index (χ2n) is 4.24. The van der Waals surface area contributed by atoms with Gasteiger partial charge < -0.3 is 17.2 Å². The van der Waals surface area contributed by atoms with Crippen molar-refractivity contribution in [1.82, 2.24) is 20.0 Å². The number of hydrogen-bond donors (Lipinski definition) is 3. The number of nitrogens with zero attached hydrogens (tertiary/aromatic N) is 4. The van der Waals surface area contributed by atoms with Crippen molar-refractivity contribution in [2.75, 3.05) is 17.2 Å². The summed E-state index contributed by atoms with van der Waals surface area (Å²) < 4.78 is 1.75. The Kier molecular flexibility index (Phi) is 2.45. The van der Waals surface area contributed by atoms with Crippen molar-refractivity contribution in [3.05, 3.63) is 35.9 Å². The summed E-state index contributed by atoms with van der Waals surface area (Å²) in [6.07, 6.45) is 0. The molecule has 7 nitrogen and oxygen atoms in total. The fraction of sp³-hybridized carbons (Fsp3) is 0.0833. The molecule has 0 spiro atoms. The second-order valence-corrected chi connectivity index (χ2v) is 4.24. The van der Waals surface area contributed by atoms with Gasteiger partial charge in [-0.1, -0.05) is 17.3 Å². The molecule has 0 saturated heterocycles. The Bertz CT molecular complexity index is 747. The van der Waals surface area contributed by atoms with Crippen LogP contribution in [0.5, 0.6) is 0 Å². The lowest BCUT2D eigenvalue weighted by molar-refractivity contribution is 0.671. The van der Waals surface area contributed by atoms with E-state index < -0.39 is 0 Å². The van der Waals surface area contributed by atoms with E-state index >= 15 is 0 Å². The van der Waals surface area contributed by atoms with Crippen LogP contribution in [0.1, 0.15) is 5.56 Å². The van der Waals surface area contributed by atoms with E-state index in [1.165, 1.54) is 0 Å². The van der Waals surface area contributed by atoms with Crippen LogP contribution in [0.2, 0.25) is 0 Å². The van der Waals surface area contributed by atoms with Crippen LogP contribution in [0.3, 0.4) is 0 Å². The van der Waals surface area contributed by atoms with E-state index in [-0.39, 0.29) is 5.82 Å². The maximum absolute atomic E-state index is 5.91. The molecule has 2 heterocycles. The molecule has 0 saturated carbocycles. The maximum atomic E-state index is 5.91. The number of nitrogen functional groups attached to an aromatic ring is 3. The minimum Gasteiger partial charge on any atom is -0.395 e. The molecule has 2 aromatic heterocycles. The van der Waals surface area contributed by atoms with E-state index in [1.807, 2.05) is 24.3 Å². The van der Waals surface area contributed by atoms with E-state index in [2.05, 4.69) is 15.3 Å². The van der Waals surface area contributed by atoms with E-state index in [1.54, 1.807) is 10.7 Å². The summed E-state index contributed by atoms with van der Waals surface area (Å²) in [7, 11) is 0. The number of benzene rings is 1. The summed E-state index contributed by atoms with van der Waals surface area (Å²) in [6.45, 7) is 0.448. The van der Waals surface area contributed by atoms with E-state index in [0.29, 0.717) is 18.1 Å². The normalized spacial score (nSPS) is 10.9. The highest BCUT2D eigenvalue weighted by Gasteiger charge is 2.10. The smallest absolute Gasteiger partial charge is 0.149 e. The van der Waals surface area contributed by atoms with Crippen LogP contribution in [-0.2, 0) is 6.54 Å². The lowest BCUT2D eigenvalue weighted by atomic mass is 10.2. The van der Waals surface area contributed by atoms with Crippen LogP contribution in [0.25, 0.3) is 11.0 Å². The highest BCUT2D eigenvalue weighted by atomic mass is 15.4. The van der Waals surface area contributed by atoms with E-state index in [4.69, 9.17) is 17.2 Å². The van der Waals surface area contributed by atoms with Crippen LogP contribution in [0.4, 0.5) is 17.3 Å². The van der Waals surface area contributed by atoms with Gasteiger partial charge in [-0.3, -0.25) is 0 Å². The van der Waals surface area contributed by atoms with Gasteiger partial charge in [0.25, 0.3) is 0 Å². The van der Waals surface area contributed by atoms with Gasteiger partial charge in [-0.15, -0.1) is 5.10 Å². The Morgan fingerprint density at radius 3 is 2.74 bits per heavy atom. The molecule has 7 heteroatoms. The molecule has 0 atom stereocenters. The third kappa shape index (κ3) is 1.90. The van der Waals surface area contributed by atoms with Crippen LogP contribution >= 0.6 is 0 Å². The fourth-order valence-electron chi connectivity index (χ4n) is 1.98. The molecule has 96 valence electrons. The summed E-state index contributed by atoms with van der Waals surface area (Å²) in [5, 5.41) is 8.18. The number of hydrogen-bond acceptors (Lipinski definition) is 6. The van der Waals surface area contributed by atoms with Crippen molar-refractivity contribution in [1.29, 1.82) is 0 Å². The van der Waals surface area contributed by atoms with Crippen LogP contribution < -0.4 is 17.2 Å². The number of nitrogens with two attached hydrogens (primary N) is 3. The summed E-state index contributed by atoms with van der Waals surface area (Å²) in [5.74, 6) is 0.575. The van der Waals surface area contributed by atoms with Crippen molar-refractivity contribution in [2.24, 2.45) is 0 Å². The van der Waals surface area contributed by atoms with Crippen LogP contribution in [-0.4, -0.2) is 20.0 Å². The van der Waals surface area contributed by atoms with Gasteiger partial charge in [-0.05, 0) is 18.2 Å². The Balaban J connectivity index is 2.06. The number of pyridine rings is 1. The average Bonchev–Trinajstić information content (AvgIpc) is 2.79. The molecule has 3 rings (SSSR count). The molecule has 0 aliphatic carbocycles. The first-order chi connectivity index (χ1) is 9.15. The molecule has 0 bridgehead atoms. The SMILES string of the molecule is Nc1cc(Cn2nnc3ccccc32)c(N)c(N)n1. The zero-order chi connectivity index (χ0) is 13.4. The van der Waals surface area contributed by atoms with Gasteiger partial charge in [0.2, 0.25) is 0 Å². The molecule has 19 heavy (non-hydrogen) atoms. The minimum absolute atomic E-state index is 0.236. The Hall–Kier alpha value is -2.83. The summed E-state index contributed by atoms with van der Waals surface area (Å²) >= 11 is 0. The summed E-state index contributed by atoms with van der Waals surface area (Å²) in [4.78, 5) is 3.91. The number of para-hydroxylation sites is 1. The molecule has 1 aromatic carbocycles. The first-order valence-corrected chi connectivity index (χ1v) is 5.73. The molecular weight excluding hydrogens is 242 g/mol. The Morgan fingerprint density at radius 1 is 1.11 bits per heavy atom. The molecular formula is C12H13N7. The summed E-state index contributed by atoms with van der Waals surface area (Å²) in [6, 6.07) is 9.39. The number of aromatic nitrogens is 4. The van der Waals surface area contributed by atoms with Gasteiger partial charge in [0.1, 0.15) is 17.2 Å². The van der Waals surface area contributed by atoms with Crippen molar-refractivity contribution >= 4 is 28.4 Å². The molecule has 0 fully saturated rings. The predicted octanol–water partition coefficient (Wildman–Crippen LogP) is 0.621. The minimum atomic E-state index is 0.236. The topological polar surface area (TPSA) is 122 Å². The molecule has 6 N–H and O–H groups in total. The molecule has 3 aromatic rings. The molecule has 0 aliphatic heterocycles. The quantitative estimate of drug-likeness (QED) is 0.617. The highest BCUT2D eigenvalue weighted by molar-refractivity contribution is 5.74. The average molecular weight is 255 g/mol. The molecule has 0 radical (unpaired) electrons. The van der Waals surface area contributed by atoms with E-state index in [9.17, 15) is 0 Å². The highest BCUT2D eigenvalue weighted by Crippen LogP contribution is 2.22. The predicted molar refractivity (Wildman–Crippen MR) is 74.1 cm³/mol. The van der Waals surface area contributed by atoms with Crippen molar-refractivity contribution in [3.63, 3.8) is 0 Å². The molecule has 0 amide bonds. The first kappa shape index (κ1) is 11.3. The van der Waals surface area contributed by atoms with Crippen molar-refractivity contribution in [3.8, 4) is 0 Å². The lowest BCUT2D eigenvalue weighted by Gasteiger charge is -2.09. The largest absolute Gasteiger partial charge is 0.395 e. The zero-order valence-corrected chi connectivity index (χ0v) is 10.1. The number of fused-ring (bicyclic) bond motifs is 1. The van der Waals surface area contributed by atoms with Crippen molar-refractivity contribution in [2.45, 2.75) is 6.54 Å². The molecule has 0 unspecified atom stereocenters. The standard InChI is InChI=1S/C12H13N7/c13-10-5-7(11(14)12(15)16-10)6-19-9-4-2-1-3-8(9)17-18-19/h1-5H,6,14H2,(H4,13,15,16). The Labute approximate surface area is 109 Å². The number of anilines is 3. The van der Waals surface area contributed by atoms with E-state index in [0.717, 1.165) is 16.6 Å². The second kappa shape index (κ2) is 4.13. The van der Waals surface area contributed by atoms with Gasteiger partial charge >= 0.3 is 0 Å². The molecule has 0 aliphatic rings. The van der Waals surface area contributed by atoms with Gasteiger partial charge in [-0.25, -0.2) is 9.67 Å². The summed E-state index contributed by atoms with van der Waals surface area (Å²) in [5.41, 5.74) is 20.2. The monoisotopic (exact) mass is 255 g/mol. The van der Waals surface area contributed by atoms with Crippen molar-refractivity contribution < 1.29 is 0 Å². The fourth-order valence-corrected chi connectivity index (χ4v) is 1.98. The lowest BCUT2D eigenvalue weighted by Crippen LogP contribution is -2.09. The van der Waals surface area contributed by atoms with Gasteiger partial charge in [0.15, 0.2) is 0 Å². The van der Waals surface area contributed by atoms with Gasteiger partial charge in [0, 0.05) is 5.56 Å². The maximum Gasteiger partial charge on any atom is 0.149 e.